The van der Waals surface area contributed by atoms with Crippen LogP contribution in [0, 0.1) is 0 Å². The van der Waals surface area contributed by atoms with E-state index < -0.39 is 17.5 Å². The molecule has 3 heterocycles. The maximum absolute atomic E-state index is 12.5. The van der Waals surface area contributed by atoms with Crippen molar-refractivity contribution >= 4 is 34.4 Å². The molecule has 1 aromatic carbocycles. The van der Waals surface area contributed by atoms with E-state index in [0.29, 0.717) is 24.4 Å². The van der Waals surface area contributed by atoms with Crippen molar-refractivity contribution in [1.29, 1.82) is 0 Å². The number of rotatable bonds is 8. The van der Waals surface area contributed by atoms with Gasteiger partial charge in [-0.15, -0.1) is 0 Å². The summed E-state index contributed by atoms with van der Waals surface area (Å²) >= 11 is 0. The first kappa shape index (κ1) is 22.3. The molecule has 1 aliphatic heterocycles. The lowest BCUT2D eigenvalue weighted by Crippen LogP contribution is -2.42. The topological polar surface area (TPSA) is 117 Å². The van der Waals surface area contributed by atoms with E-state index in [2.05, 4.69) is 20.6 Å². The minimum atomic E-state index is -1.59. The summed E-state index contributed by atoms with van der Waals surface area (Å²) in [4.78, 5) is 34.6. The molecule has 33 heavy (non-hydrogen) atoms. The van der Waals surface area contributed by atoms with Gasteiger partial charge in [0.05, 0.1) is 43.6 Å². The van der Waals surface area contributed by atoms with E-state index in [1.54, 1.807) is 17.1 Å². The monoisotopic (exact) mass is 451 g/mol. The van der Waals surface area contributed by atoms with Gasteiger partial charge in [-0.25, -0.2) is 14.5 Å². The standard InChI is InChI=1S/C23H25N5O5/c1-4-28-21-17(14-26-28)20(24-12-15-8-6-5-7-9-15)16(13-25-21)18-10-23(33-27-18,22(30)32-3)11-19(29)31-2/h5-9,13-14H,4,10-12H2,1-3H3,(H,24,25). The quantitative estimate of drug-likeness (QED) is 0.520. The molecule has 3 aromatic rings. The van der Waals surface area contributed by atoms with Crippen LogP contribution in [0.3, 0.4) is 0 Å². The Kier molecular flexibility index (Phi) is 6.25. The largest absolute Gasteiger partial charge is 0.469 e. The molecule has 172 valence electrons. The Morgan fingerprint density at radius 2 is 1.97 bits per heavy atom. The van der Waals surface area contributed by atoms with Crippen molar-refractivity contribution in [2.45, 2.75) is 38.5 Å². The van der Waals surface area contributed by atoms with Crippen LogP contribution >= 0.6 is 0 Å². The van der Waals surface area contributed by atoms with Crippen molar-refractivity contribution in [3.05, 3.63) is 53.9 Å². The second kappa shape index (κ2) is 9.27. The van der Waals surface area contributed by atoms with Crippen molar-refractivity contribution in [1.82, 2.24) is 14.8 Å². The Hall–Kier alpha value is -3.95. The first-order valence-electron chi connectivity index (χ1n) is 10.5. The minimum Gasteiger partial charge on any atom is -0.469 e. The Balaban J connectivity index is 1.72. The molecule has 1 unspecified atom stereocenters. The zero-order valence-corrected chi connectivity index (χ0v) is 18.7. The van der Waals surface area contributed by atoms with Gasteiger partial charge in [-0.3, -0.25) is 4.79 Å². The van der Waals surface area contributed by atoms with Gasteiger partial charge in [0.25, 0.3) is 0 Å². The SMILES string of the molecule is CCn1ncc2c(NCc3ccccc3)c(C3=NOC(CC(=O)OC)(C(=O)OC)C3)cnc21. The lowest BCUT2D eigenvalue weighted by atomic mass is 9.90. The predicted molar refractivity (Wildman–Crippen MR) is 121 cm³/mol. The molecule has 10 heteroatoms. The Bertz CT molecular complexity index is 1210. The number of benzene rings is 1. The van der Waals surface area contributed by atoms with Gasteiger partial charge in [-0.05, 0) is 12.5 Å². The van der Waals surface area contributed by atoms with Gasteiger partial charge >= 0.3 is 11.9 Å². The van der Waals surface area contributed by atoms with Gasteiger partial charge in [0.15, 0.2) is 5.65 Å². The van der Waals surface area contributed by atoms with Crippen LogP contribution in [0.1, 0.15) is 30.9 Å². The molecule has 0 saturated heterocycles. The van der Waals surface area contributed by atoms with E-state index in [1.807, 2.05) is 37.3 Å². The Morgan fingerprint density at radius 3 is 2.67 bits per heavy atom. The summed E-state index contributed by atoms with van der Waals surface area (Å²) in [6.45, 7) is 3.22. The third kappa shape index (κ3) is 4.23. The molecule has 1 atom stereocenters. The fourth-order valence-electron chi connectivity index (χ4n) is 3.84. The van der Waals surface area contributed by atoms with Crippen LogP contribution in [0.2, 0.25) is 0 Å². The van der Waals surface area contributed by atoms with Crippen LogP contribution in [0.15, 0.2) is 47.9 Å². The van der Waals surface area contributed by atoms with Crippen LogP contribution < -0.4 is 5.32 Å². The van der Waals surface area contributed by atoms with Gasteiger partial charge in [0.1, 0.15) is 0 Å². The molecule has 1 aliphatic rings. The number of hydrogen-bond donors (Lipinski definition) is 1. The molecule has 10 nitrogen and oxygen atoms in total. The average Bonchev–Trinajstić information content (AvgIpc) is 3.47. The fraction of sp³-hybridized carbons (Fsp3) is 0.348. The summed E-state index contributed by atoms with van der Waals surface area (Å²) in [5, 5.41) is 12.9. The summed E-state index contributed by atoms with van der Waals surface area (Å²) in [6.07, 6.45) is 3.14. The van der Waals surface area contributed by atoms with Crippen LogP contribution in [0.5, 0.6) is 0 Å². The first-order chi connectivity index (χ1) is 16.0. The van der Waals surface area contributed by atoms with Crippen LogP contribution in [0.4, 0.5) is 5.69 Å². The highest BCUT2D eigenvalue weighted by atomic mass is 16.7. The second-order valence-corrected chi connectivity index (χ2v) is 7.63. The molecule has 0 radical (unpaired) electrons. The van der Waals surface area contributed by atoms with E-state index in [-0.39, 0.29) is 12.8 Å². The molecule has 0 saturated carbocycles. The van der Waals surface area contributed by atoms with Gasteiger partial charge in [0, 0.05) is 31.3 Å². The molecule has 0 amide bonds. The molecular weight excluding hydrogens is 426 g/mol. The zero-order chi connectivity index (χ0) is 23.4. The van der Waals surface area contributed by atoms with Crippen molar-refractivity contribution < 1.29 is 23.9 Å². The Morgan fingerprint density at radius 1 is 1.18 bits per heavy atom. The number of ether oxygens (including phenoxy) is 2. The lowest BCUT2D eigenvalue weighted by molar-refractivity contribution is -0.173. The molecule has 2 aromatic heterocycles. The molecule has 0 fully saturated rings. The number of hydrogen-bond acceptors (Lipinski definition) is 9. The summed E-state index contributed by atoms with van der Waals surface area (Å²) in [5.74, 6) is -1.30. The molecule has 0 bridgehead atoms. The van der Waals surface area contributed by atoms with E-state index in [4.69, 9.17) is 14.3 Å². The number of carbonyl (C=O) groups is 2. The number of pyridine rings is 1. The highest BCUT2D eigenvalue weighted by molar-refractivity contribution is 6.12. The van der Waals surface area contributed by atoms with Crippen LogP contribution in [0.25, 0.3) is 11.0 Å². The van der Waals surface area contributed by atoms with Crippen molar-refractivity contribution in [3.63, 3.8) is 0 Å². The average molecular weight is 451 g/mol. The van der Waals surface area contributed by atoms with Gasteiger partial charge in [0.2, 0.25) is 5.60 Å². The Labute approximate surface area is 190 Å². The number of nitrogens with one attached hydrogen (secondary N) is 1. The molecule has 1 N–H and O–H groups in total. The van der Waals surface area contributed by atoms with Gasteiger partial charge < -0.3 is 19.6 Å². The van der Waals surface area contributed by atoms with Crippen LogP contribution in [-0.2, 0) is 37.0 Å². The summed E-state index contributed by atoms with van der Waals surface area (Å²) in [5.41, 5.74) is 2.13. The van der Waals surface area contributed by atoms with E-state index in [0.717, 1.165) is 22.3 Å². The van der Waals surface area contributed by atoms with E-state index >= 15 is 0 Å². The number of aryl methyl sites for hydroxylation is 1. The fourth-order valence-corrected chi connectivity index (χ4v) is 3.84. The normalized spacial score (nSPS) is 17.4. The molecular formula is C23H25N5O5. The van der Waals surface area contributed by atoms with Crippen molar-refractivity contribution in [3.8, 4) is 0 Å². The van der Waals surface area contributed by atoms with E-state index in [9.17, 15) is 9.59 Å². The number of methoxy groups -OCH3 is 2. The second-order valence-electron chi connectivity index (χ2n) is 7.63. The van der Waals surface area contributed by atoms with Gasteiger partial charge in [-0.1, -0.05) is 35.5 Å². The number of anilines is 1. The predicted octanol–water partition coefficient (Wildman–Crippen LogP) is 2.66. The molecule has 0 aliphatic carbocycles. The maximum atomic E-state index is 12.5. The molecule has 4 rings (SSSR count). The van der Waals surface area contributed by atoms with E-state index in [1.165, 1.54) is 14.2 Å². The van der Waals surface area contributed by atoms with Crippen molar-refractivity contribution in [2.24, 2.45) is 5.16 Å². The number of carbonyl (C=O) groups excluding carboxylic acids is 2. The highest BCUT2D eigenvalue weighted by Gasteiger charge is 2.50. The maximum Gasteiger partial charge on any atom is 0.354 e. The smallest absolute Gasteiger partial charge is 0.354 e. The summed E-state index contributed by atoms with van der Waals surface area (Å²) in [6, 6.07) is 9.96. The number of aromatic nitrogens is 3. The molecule has 0 spiro atoms. The number of esters is 2. The third-order valence-corrected chi connectivity index (χ3v) is 5.59. The van der Waals surface area contributed by atoms with Gasteiger partial charge in [-0.2, -0.15) is 5.10 Å². The van der Waals surface area contributed by atoms with Crippen molar-refractivity contribution in [2.75, 3.05) is 19.5 Å². The number of oxime groups is 1. The highest BCUT2D eigenvalue weighted by Crippen LogP contribution is 2.36. The number of nitrogens with zero attached hydrogens (tertiary/aromatic N) is 4. The zero-order valence-electron chi connectivity index (χ0n) is 18.7. The lowest BCUT2D eigenvalue weighted by Gasteiger charge is -2.22. The minimum absolute atomic E-state index is 0.0316. The van der Waals surface area contributed by atoms with Crippen LogP contribution in [-0.4, -0.2) is 52.2 Å². The third-order valence-electron chi connectivity index (χ3n) is 5.59. The first-order valence-corrected chi connectivity index (χ1v) is 10.5. The number of fused-ring (bicyclic) bond motifs is 1. The summed E-state index contributed by atoms with van der Waals surface area (Å²) in [7, 11) is 2.49. The summed E-state index contributed by atoms with van der Waals surface area (Å²) < 4.78 is 11.4.